The predicted molar refractivity (Wildman–Crippen MR) is 132 cm³/mol. The van der Waals surface area contributed by atoms with Gasteiger partial charge in [0, 0.05) is 17.8 Å². The van der Waals surface area contributed by atoms with Crippen molar-refractivity contribution in [3.05, 3.63) is 47.0 Å². The Kier molecular flexibility index (Phi) is 11.4. The van der Waals surface area contributed by atoms with Gasteiger partial charge in [-0.25, -0.2) is 9.07 Å². The van der Waals surface area contributed by atoms with Crippen LogP contribution in [0.1, 0.15) is 80.0 Å². The Balaban J connectivity index is 0.00000432. The molecule has 0 spiro atoms. The number of hydrogen-bond donors (Lipinski definition) is 4. The fourth-order valence-electron chi connectivity index (χ4n) is 4.31. The maximum absolute atomic E-state index is 13.5. The molecule has 1 amide bonds. The summed E-state index contributed by atoms with van der Waals surface area (Å²) in [6.45, 7) is 4.53. The van der Waals surface area contributed by atoms with Crippen molar-refractivity contribution in [1.29, 1.82) is 0 Å². The van der Waals surface area contributed by atoms with Gasteiger partial charge in [-0.05, 0) is 68.2 Å². The number of halogens is 1. The molecule has 1 aliphatic carbocycles. The van der Waals surface area contributed by atoms with Gasteiger partial charge in [0.2, 0.25) is 0 Å². The molecule has 1 aromatic carbocycles. The van der Waals surface area contributed by atoms with Crippen LogP contribution in [0.25, 0.3) is 5.69 Å². The van der Waals surface area contributed by atoms with Crippen LogP contribution < -0.4 is 5.32 Å². The van der Waals surface area contributed by atoms with E-state index in [1.807, 2.05) is 13.8 Å². The van der Waals surface area contributed by atoms with Crippen LogP contribution in [0.2, 0.25) is 0 Å². The van der Waals surface area contributed by atoms with Gasteiger partial charge in [-0.2, -0.15) is 5.10 Å². The number of aromatic nitrogens is 2. The number of rotatable bonds is 12. The number of nitrogens with zero attached hydrogens (tertiary/aromatic N) is 2. The molecule has 2 atom stereocenters. The number of aliphatic hydroxyl groups is 2. The van der Waals surface area contributed by atoms with Crippen LogP contribution in [0.15, 0.2) is 24.3 Å². The van der Waals surface area contributed by atoms with Gasteiger partial charge in [0.15, 0.2) is 5.69 Å². The number of carboxylic acids is 1. The van der Waals surface area contributed by atoms with Crippen molar-refractivity contribution in [1.82, 2.24) is 15.1 Å². The molecule has 2 aromatic rings. The first-order valence-corrected chi connectivity index (χ1v) is 11.9. The molecule has 0 saturated heterocycles. The Morgan fingerprint density at radius 1 is 1.17 bits per heavy atom. The van der Waals surface area contributed by atoms with Crippen LogP contribution in [0, 0.1) is 11.7 Å². The van der Waals surface area contributed by atoms with E-state index < -0.39 is 24.6 Å². The van der Waals surface area contributed by atoms with Gasteiger partial charge in [0.1, 0.15) is 5.82 Å². The quantitative estimate of drug-likeness (QED) is 0.333. The summed E-state index contributed by atoms with van der Waals surface area (Å²) in [5.74, 6) is -1.31. The van der Waals surface area contributed by atoms with Gasteiger partial charge in [0.25, 0.3) is 5.91 Å². The number of carbonyl (C=O) groups is 2. The molecule has 1 fully saturated rings. The van der Waals surface area contributed by atoms with E-state index in [9.17, 15) is 24.2 Å². The van der Waals surface area contributed by atoms with Crippen molar-refractivity contribution in [2.24, 2.45) is 5.92 Å². The zero-order valence-electron chi connectivity index (χ0n) is 19.7. The van der Waals surface area contributed by atoms with Crippen LogP contribution >= 0.6 is 0 Å². The van der Waals surface area contributed by atoms with E-state index in [2.05, 4.69) is 10.4 Å². The molecule has 10 heteroatoms. The average Bonchev–Trinajstić information content (AvgIpc) is 3.10. The fourth-order valence-corrected chi connectivity index (χ4v) is 4.31. The van der Waals surface area contributed by atoms with Gasteiger partial charge in [-0.1, -0.05) is 20.3 Å². The van der Waals surface area contributed by atoms with E-state index in [0.717, 1.165) is 24.1 Å². The number of amides is 1. The standard InChI is InChI=1S/C25H34FN3O5.Na.H/c1-15(2)23-21(11-10-19(30)12-20(31)13-22(32)33)29(18-8-6-17(26)7-9-18)28-24(23)25(34)27-14-16-4-3-5-16;;/h6-9,15-16,19-20,30-31H,3-5,10-14H2,1-2H3,(H,27,34)(H,32,33);;/t19-,20-;;/m1../s1. The number of aliphatic hydroxyl groups excluding tert-OH is 2. The number of carboxylic acid groups (broad SMARTS) is 1. The Labute approximate surface area is 227 Å². The summed E-state index contributed by atoms with van der Waals surface area (Å²) in [4.78, 5) is 23.8. The van der Waals surface area contributed by atoms with Crippen molar-refractivity contribution in [3.8, 4) is 5.69 Å². The Morgan fingerprint density at radius 2 is 1.83 bits per heavy atom. The van der Waals surface area contributed by atoms with Crippen LogP contribution in [-0.2, 0) is 11.2 Å². The van der Waals surface area contributed by atoms with E-state index in [0.29, 0.717) is 30.3 Å². The zero-order valence-corrected chi connectivity index (χ0v) is 19.7. The third-order valence-electron chi connectivity index (χ3n) is 6.33. The van der Waals surface area contributed by atoms with Gasteiger partial charge in [-0.15, -0.1) is 0 Å². The molecule has 35 heavy (non-hydrogen) atoms. The fraction of sp³-hybridized carbons (Fsp3) is 0.560. The Morgan fingerprint density at radius 3 is 2.37 bits per heavy atom. The summed E-state index contributed by atoms with van der Waals surface area (Å²) < 4.78 is 15.2. The maximum atomic E-state index is 13.5. The minimum absolute atomic E-state index is 0. The molecule has 0 unspecified atom stereocenters. The SMILES string of the molecule is CC(C)c1c(C(=O)NCC2CCC2)nn(-c2ccc(F)cc2)c1CC[C@@H](O)C[C@@H](O)CC(=O)O.[NaH]. The van der Waals surface area contributed by atoms with Gasteiger partial charge >= 0.3 is 35.5 Å². The van der Waals surface area contributed by atoms with Gasteiger partial charge in [-0.3, -0.25) is 9.59 Å². The topological polar surface area (TPSA) is 125 Å². The number of carbonyl (C=O) groups excluding carboxylic acids is 1. The summed E-state index contributed by atoms with van der Waals surface area (Å²) in [6.07, 6.45) is 1.41. The molecule has 4 N–H and O–H groups in total. The van der Waals surface area contributed by atoms with Crippen molar-refractivity contribution in [2.75, 3.05) is 6.54 Å². The van der Waals surface area contributed by atoms with Crippen LogP contribution in [0.4, 0.5) is 4.39 Å². The first kappa shape index (κ1) is 29.5. The molecule has 0 bridgehead atoms. The molecule has 1 aromatic heterocycles. The molecule has 1 heterocycles. The molecule has 1 saturated carbocycles. The van der Waals surface area contributed by atoms with E-state index in [-0.39, 0.29) is 60.0 Å². The summed E-state index contributed by atoms with van der Waals surface area (Å²) in [5, 5.41) is 36.7. The summed E-state index contributed by atoms with van der Waals surface area (Å²) in [6, 6.07) is 5.81. The third-order valence-corrected chi connectivity index (χ3v) is 6.33. The molecular formula is C25H35FN3NaO5. The number of benzene rings is 1. The van der Waals surface area contributed by atoms with E-state index >= 15 is 0 Å². The molecule has 0 aliphatic heterocycles. The second-order valence-electron chi connectivity index (χ2n) is 9.44. The van der Waals surface area contributed by atoms with Crippen LogP contribution in [-0.4, -0.2) is 85.3 Å². The average molecular weight is 500 g/mol. The summed E-state index contributed by atoms with van der Waals surface area (Å²) >= 11 is 0. The zero-order chi connectivity index (χ0) is 24.8. The van der Waals surface area contributed by atoms with E-state index in [4.69, 9.17) is 5.11 Å². The van der Waals surface area contributed by atoms with Crippen molar-refractivity contribution < 1.29 is 29.3 Å². The van der Waals surface area contributed by atoms with E-state index in [1.54, 1.807) is 16.8 Å². The van der Waals surface area contributed by atoms with E-state index in [1.165, 1.54) is 18.6 Å². The Hall–Kier alpha value is -1.78. The number of aliphatic carboxylic acids is 1. The number of hydrogen-bond acceptors (Lipinski definition) is 5. The number of nitrogens with one attached hydrogen (secondary N) is 1. The molecule has 3 rings (SSSR count). The minimum atomic E-state index is -1.15. The predicted octanol–water partition coefficient (Wildman–Crippen LogP) is 2.54. The summed E-state index contributed by atoms with van der Waals surface area (Å²) in [7, 11) is 0. The first-order valence-electron chi connectivity index (χ1n) is 11.9. The normalized spacial score (nSPS) is 15.3. The van der Waals surface area contributed by atoms with Gasteiger partial charge in [0.05, 0.1) is 24.3 Å². The van der Waals surface area contributed by atoms with Crippen molar-refractivity contribution >= 4 is 41.4 Å². The molecular weight excluding hydrogens is 464 g/mol. The third kappa shape index (κ3) is 8.11. The summed E-state index contributed by atoms with van der Waals surface area (Å²) in [5.41, 5.74) is 2.39. The molecule has 0 radical (unpaired) electrons. The molecule has 8 nitrogen and oxygen atoms in total. The molecule has 188 valence electrons. The van der Waals surface area contributed by atoms with Crippen LogP contribution in [0.3, 0.4) is 0 Å². The molecule has 1 aliphatic rings. The van der Waals surface area contributed by atoms with Gasteiger partial charge < -0.3 is 20.6 Å². The second kappa shape index (κ2) is 13.5. The monoisotopic (exact) mass is 499 g/mol. The van der Waals surface area contributed by atoms with Crippen molar-refractivity contribution in [3.63, 3.8) is 0 Å². The second-order valence-corrected chi connectivity index (χ2v) is 9.44. The first-order chi connectivity index (χ1) is 16.2. The van der Waals surface area contributed by atoms with Crippen LogP contribution in [0.5, 0.6) is 0 Å². The Bertz CT molecular complexity index is 992. The van der Waals surface area contributed by atoms with Crippen molar-refractivity contribution in [2.45, 2.75) is 76.9 Å².